The minimum absolute atomic E-state index is 0.610. The summed E-state index contributed by atoms with van der Waals surface area (Å²) in [5, 5.41) is 0. The van der Waals surface area contributed by atoms with Gasteiger partial charge in [0.25, 0.3) is 0 Å². The normalized spacial score (nSPS) is 11.8. The van der Waals surface area contributed by atoms with E-state index in [0.717, 1.165) is 25.6 Å². The number of hydrogen-bond acceptors (Lipinski definition) is 1. The van der Waals surface area contributed by atoms with Crippen molar-refractivity contribution >= 4 is 5.96 Å². The monoisotopic (exact) mass is 248 g/mol. The molecule has 0 aliphatic rings. The molecule has 0 bridgehead atoms. The molecule has 0 N–H and O–H groups in total. The smallest absolute Gasteiger partial charge is 0.300 e. The molecule has 0 unspecified atom stereocenters. The quantitative estimate of drug-likeness (QED) is 0.279. The van der Waals surface area contributed by atoms with Crippen LogP contribution in [-0.2, 0) is 0 Å². The highest BCUT2D eigenvalue weighted by atomic mass is 15.5. The summed E-state index contributed by atoms with van der Waals surface area (Å²) in [6, 6.07) is 0. The highest BCUT2D eigenvalue weighted by molar-refractivity contribution is 5.73. The number of rotatable bonds is 8. The minimum atomic E-state index is 0.610. The van der Waals surface area contributed by atoms with E-state index in [0.29, 0.717) is 11.0 Å². The van der Waals surface area contributed by atoms with Crippen molar-refractivity contribution in [1.29, 1.82) is 0 Å². The predicted molar refractivity (Wildman–Crippen MR) is 81.6 cm³/mol. The first-order chi connectivity index (χ1) is 8.53. The number of nitrogens with zero attached hydrogens (tertiary/aromatic N) is 3. The van der Waals surface area contributed by atoms with E-state index < -0.39 is 0 Å². The lowest BCUT2D eigenvalue weighted by Gasteiger charge is -2.35. The maximum absolute atomic E-state index is 4.62. The first-order valence-corrected chi connectivity index (χ1v) is 6.10. The van der Waals surface area contributed by atoms with Crippen LogP contribution in [0.15, 0.2) is 55.6 Å². The summed E-state index contributed by atoms with van der Waals surface area (Å²) in [4.78, 5) is 6.78. The van der Waals surface area contributed by atoms with Crippen LogP contribution in [0.3, 0.4) is 0 Å². The first-order valence-electron chi connectivity index (χ1n) is 6.10. The molecule has 18 heavy (non-hydrogen) atoms. The van der Waals surface area contributed by atoms with Gasteiger partial charge in [0.2, 0.25) is 0 Å². The highest BCUT2D eigenvalue weighted by Crippen LogP contribution is 2.07. The van der Waals surface area contributed by atoms with Crippen LogP contribution in [0.2, 0.25) is 0 Å². The summed E-state index contributed by atoms with van der Waals surface area (Å²) in [7, 11) is 4.23. The van der Waals surface area contributed by atoms with Gasteiger partial charge in [-0.1, -0.05) is 24.8 Å². The molecule has 0 spiro atoms. The fourth-order valence-corrected chi connectivity index (χ4v) is 1.77. The van der Waals surface area contributed by atoms with Crippen LogP contribution in [0, 0.1) is 0 Å². The lowest BCUT2D eigenvalue weighted by Crippen LogP contribution is -2.54. The van der Waals surface area contributed by atoms with Crippen LogP contribution in [0.1, 0.15) is 0 Å². The molecule has 0 saturated heterocycles. The van der Waals surface area contributed by atoms with E-state index in [1.165, 1.54) is 0 Å². The standard InChI is InChI=1S/C15H26N3/c1-7-11-16-15(18(5,6)14-10-4)17(12-8-2)13-9-3/h7-10H,1-4,11-14H2,5-6H3/q+1. The molecule has 0 aliphatic heterocycles. The molecule has 100 valence electrons. The number of likely N-dealkylation sites (N-methyl/N-ethyl adjacent to an activating group) is 1. The second-order valence-electron chi connectivity index (χ2n) is 4.57. The van der Waals surface area contributed by atoms with Gasteiger partial charge in [0.15, 0.2) is 0 Å². The zero-order valence-electron chi connectivity index (χ0n) is 11.8. The van der Waals surface area contributed by atoms with E-state index >= 15 is 0 Å². The first kappa shape index (κ1) is 16.4. The summed E-state index contributed by atoms with van der Waals surface area (Å²) in [6.07, 6.45) is 7.46. The van der Waals surface area contributed by atoms with Crippen LogP contribution >= 0.6 is 0 Å². The molecule has 0 amide bonds. The van der Waals surface area contributed by atoms with Crippen molar-refractivity contribution in [2.45, 2.75) is 0 Å². The minimum Gasteiger partial charge on any atom is -0.304 e. The zero-order valence-corrected chi connectivity index (χ0v) is 11.8. The number of guanidine groups is 1. The second kappa shape index (κ2) is 8.48. The van der Waals surface area contributed by atoms with Crippen molar-refractivity contribution in [3.8, 4) is 0 Å². The molecule has 0 heterocycles. The Labute approximate surface area is 112 Å². The number of hydrogen-bond donors (Lipinski definition) is 0. The maximum atomic E-state index is 4.62. The summed E-state index contributed by atoms with van der Waals surface area (Å²) in [5.74, 6) is 0.995. The summed E-state index contributed by atoms with van der Waals surface area (Å²) >= 11 is 0. The topological polar surface area (TPSA) is 15.6 Å². The molecule has 0 aromatic rings. The van der Waals surface area contributed by atoms with Crippen molar-refractivity contribution in [2.24, 2.45) is 4.99 Å². The second-order valence-corrected chi connectivity index (χ2v) is 4.57. The third-order valence-electron chi connectivity index (χ3n) is 2.47. The van der Waals surface area contributed by atoms with Gasteiger partial charge in [-0.25, -0.2) is 4.99 Å². The highest BCUT2D eigenvalue weighted by Gasteiger charge is 2.27. The van der Waals surface area contributed by atoms with Crippen LogP contribution in [-0.4, -0.2) is 55.6 Å². The van der Waals surface area contributed by atoms with E-state index in [4.69, 9.17) is 0 Å². The Morgan fingerprint density at radius 2 is 1.56 bits per heavy atom. The van der Waals surface area contributed by atoms with Crippen molar-refractivity contribution < 1.29 is 4.48 Å². The van der Waals surface area contributed by atoms with Crippen LogP contribution in [0.4, 0.5) is 0 Å². The molecule has 0 aliphatic carbocycles. The van der Waals surface area contributed by atoms with Crippen molar-refractivity contribution in [2.75, 3.05) is 40.3 Å². The molecule has 3 nitrogen and oxygen atoms in total. The Bertz CT molecular complexity index is 317. The average molecular weight is 248 g/mol. The lowest BCUT2D eigenvalue weighted by molar-refractivity contribution is -0.798. The lowest BCUT2D eigenvalue weighted by atomic mass is 10.4. The average Bonchev–Trinajstić information content (AvgIpc) is 2.29. The van der Waals surface area contributed by atoms with Crippen molar-refractivity contribution in [3.05, 3.63) is 50.6 Å². The molecular weight excluding hydrogens is 222 g/mol. The molecule has 0 radical (unpaired) electrons. The van der Waals surface area contributed by atoms with E-state index in [1.807, 2.05) is 18.2 Å². The summed E-state index contributed by atoms with van der Waals surface area (Å²) in [5.41, 5.74) is 0. The molecule has 0 fully saturated rings. The third-order valence-corrected chi connectivity index (χ3v) is 2.47. The molecule has 0 aromatic carbocycles. The maximum Gasteiger partial charge on any atom is 0.300 e. The van der Waals surface area contributed by atoms with Gasteiger partial charge in [-0.05, 0) is 6.08 Å². The van der Waals surface area contributed by atoms with E-state index in [1.54, 1.807) is 6.08 Å². The van der Waals surface area contributed by atoms with Crippen molar-refractivity contribution in [3.63, 3.8) is 0 Å². The summed E-state index contributed by atoms with van der Waals surface area (Å²) < 4.78 is 0.652. The SMILES string of the molecule is C=CCN=C(N(CC=C)CC=C)[N+](C)(C)CC=C. The van der Waals surface area contributed by atoms with Gasteiger partial charge >= 0.3 is 5.96 Å². The Hall–Kier alpha value is -1.61. The van der Waals surface area contributed by atoms with Gasteiger partial charge in [-0.3, -0.25) is 4.48 Å². The molecule has 3 heteroatoms. The van der Waals surface area contributed by atoms with Gasteiger partial charge in [-0.2, -0.15) is 0 Å². The fourth-order valence-electron chi connectivity index (χ4n) is 1.77. The number of aliphatic imine (C=N–C) groups is 1. The Balaban J connectivity index is 5.27. The van der Waals surface area contributed by atoms with Crippen LogP contribution < -0.4 is 0 Å². The van der Waals surface area contributed by atoms with Gasteiger partial charge in [0.1, 0.15) is 6.54 Å². The molecule has 0 aromatic heterocycles. The van der Waals surface area contributed by atoms with E-state index in [9.17, 15) is 0 Å². The third kappa shape index (κ3) is 5.15. The number of quaternary nitrogens is 1. The van der Waals surface area contributed by atoms with E-state index in [-0.39, 0.29) is 0 Å². The summed E-state index contributed by atoms with van der Waals surface area (Å²) in [6.45, 7) is 18.1. The van der Waals surface area contributed by atoms with Crippen molar-refractivity contribution in [1.82, 2.24) is 4.90 Å². The Kier molecular flexibility index (Phi) is 7.72. The molecule has 0 saturated carbocycles. The molecule has 0 rings (SSSR count). The fraction of sp³-hybridized carbons (Fsp3) is 0.400. The van der Waals surface area contributed by atoms with Gasteiger partial charge < -0.3 is 4.90 Å². The predicted octanol–water partition coefficient (Wildman–Crippen LogP) is 2.46. The Morgan fingerprint density at radius 3 is 1.94 bits per heavy atom. The molecule has 0 atom stereocenters. The molecular formula is C15H26N3+. The van der Waals surface area contributed by atoms with Gasteiger partial charge in [0.05, 0.1) is 20.6 Å². The zero-order chi connectivity index (χ0) is 14.0. The van der Waals surface area contributed by atoms with Gasteiger partial charge in [-0.15, -0.1) is 19.7 Å². The van der Waals surface area contributed by atoms with Crippen LogP contribution in [0.25, 0.3) is 0 Å². The largest absolute Gasteiger partial charge is 0.304 e. The van der Waals surface area contributed by atoms with Crippen LogP contribution in [0.5, 0.6) is 0 Å². The Morgan fingerprint density at radius 1 is 1.00 bits per heavy atom. The van der Waals surface area contributed by atoms with Gasteiger partial charge in [0, 0.05) is 13.1 Å². The van der Waals surface area contributed by atoms with E-state index in [2.05, 4.69) is 50.3 Å².